The number of aliphatic hydroxyl groups is 1. The van der Waals surface area contributed by atoms with Gasteiger partial charge in [0.25, 0.3) is 5.91 Å². The second kappa shape index (κ2) is 9.46. The molecule has 1 aromatic heterocycles. The van der Waals surface area contributed by atoms with Gasteiger partial charge in [0.05, 0.1) is 12.3 Å². The molecule has 0 bridgehead atoms. The number of rotatable bonds is 6. The number of piperidine rings is 1. The predicted octanol–water partition coefficient (Wildman–Crippen LogP) is 4.15. The van der Waals surface area contributed by atoms with Crippen molar-refractivity contribution in [1.29, 1.82) is 0 Å². The molecule has 0 spiro atoms. The van der Waals surface area contributed by atoms with Crippen LogP contribution in [0.4, 0.5) is 13.2 Å². The van der Waals surface area contributed by atoms with Crippen molar-refractivity contribution in [1.82, 2.24) is 19.4 Å². The van der Waals surface area contributed by atoms with Crippen LogP contribution >= 0.6 is 0 Å². The van der Waals surface area contributed by atoms with Gasteiger partial charge < -0.3 is 19.3 Å². The summed E-state index contributed by atoms with van der Waals surface area (Å²) in [5.74, 6) is 0.275. The van der Waals surface area contributed by atoms with Crippen molar-refractivity contribution < 1.29 is 27.8 Å². The molecule has 1 saturated carbocycles. The fourth-order valence-electron chi connectivity index (χ4n) is 5.59. The van der Waals surface area contributed by atoms with Crippen LogP contribution in [0.1, 0.15) is 60.7 Å². The van der Waals surface area contributed by atoms with E-state index in [9.17, 15) is 23.1 Å². The van der Waals surface area contributed by atoms with Crippen LogP contribution in [0, 0.1) is 6.92 Å². The van der Waals surface area contributed by atoms with E-state index in [1.807, 2.05) is 16.4 Å². The predicted molar refractivity (Wildman–Crippen MR) is 123 cm³/mol. The van der Waals surface area contributed by atoms with Crippen molar-refractivity contribution in [3.8, 4) is 17.1 Å². The summed E-state index contributed by atoms with van der Waals surface area (Å²) in [6, 6.07) is 6.44. The Labute approximate surface area is 202 Å². The molecule has 5 rings (SSSR count). The zero-order chi connectivity index (χ0) is 24.7. The van der Waals surface area contributed by atoms with E-state index in [0.717, 1.165) is 45.1 Å². The summed E-state index contributed by atoms with van der Waals surface area (Å²) in [6.07, 6.45) is 1.04. The number of hydrogen-bond acceptors (Lipinski definition) is 5. The lowest BCUT2D eigenvalue weighted by Crippen LogP contribution is -2.49. The first-order chi connectivity index (χ1) is 16.7. The summed E-state index contributed by atoms with van der Waals surface area (Å²) in [7, 11) is 0. The van der Waals surface area contributed by atoms with Crippen LogP contribution in [0.5, 0.6) is 5.75 Å². The lowest BCUT2D eigenvalue weighted by atomic mass is 10.0. The molecule has 1 unspecified atom stereocenters. The maximum Gasteiger partial charge on any atom is 0.573 e. The summed E-state index contributed by atoms with van der Waals surface area (Å²) in [4.78, 5) is 22.6. The van der Waals surface area contributed by atoms with E-state index in [2.05, 4.69) is 14.6 Å². The van der Waals surface area contributed by atoms with Gasteiger partial charge in [0.1, 0.15) is 17.3 Å². The maximum absolute atomic E-state index is 13.6. The number of likely N-dealkylation sites (tertiary alicyclic amines) is 2. The van der Waals surface area contributed by atoms with Crippen LogP contribution < -0.4 is 4.74 Å². The Balaban J connectivity index is 1.34. The number of aromatic nitrogens is 2. The second-order valence-electron chi connectivity index (χ2n) is 9.78. The smallest absolute Gasteiger partial charge is 0.406 e. The van der Waals surface area contributed by atoms with Gasteiger partial charge in [0.2, 0.25) is 0 Å². The summed E-state index contributed by atoms with van der Waals surface area (Å²) in [5, 5.41) is 9.66. The molecule has 1 N–H and O–H groups in total. The molecule has 3 fully saturated rings. The molecule has 1 amide bonds. The Bertz CT molecular complexity index is 1060. The van der Waals surface area contributed by atoms with Gasteiger partial charge in [-0.15, -0.1) is 13.2 Å². The maximum atomic E-state index is 13.6. The number of carbonyl (C=O) groups is 1. The molecule has 1 aromatic carbocycles. The highest BCUT2D eigenvalue weighted by Gasteiger charge is 2.37. The van der Waals surface area contributed by atoms with Crippen molar-refractivity contribution in [3.05, 3.63) is 35.7 Å². The van der Waals surface area contributed by atoms with Crippen molar-refractivity contribution in [2.24, 2.45) is 0 Å². The number of nitrogens with zero attached hydrogens (tertiary/aromatic N) is 4. The SMILES string of the molecule is Cc1nc(-c2ccc(OC(F)(F)F)cc2)n(C2CC2)c1C(=O)N1CCC(N2CCCC2CO)CC1. The number of amides is 1. The molecule has 7 nitrogen and oxygen atoms in total. The minimum atomic E-state index is -4.74. The first kappa shape index (κ1) is 24.1. The molecular formula is C25H31F3N4O3. The number of hydrogen-bond donors (Lipinski definition) is 1. The average Bonchev–Trinajstić information content (AvgIpc) is 3.45. The third-order valence-corrected chi connectivity index (χ3v) is 7.40. The molecule has 3 aliphatic rings. The summed E-state index contributed by atoms with van der Waals surface area (Å²) in [5.41, 5.74) is 1.86. The fourth-order valence-corrected chi connectivity index (χ4v) is 5.59. The van der Waals surface area contributed by atoms with Crippen LogP contribution in [0.2, 0.25) is 0 Å². The average molecular weight is 493 g/mol. The highest BCUT2D eigenvalue weighted by molar-refractivity contribution is 5.95. The second-order valence-corrected chi connectivity index (χ2v) is 9.78. The van der Waals surface area contributed by atoms with E-state index < -0.39 is 6.36 Å². The number of halogens is 3. The molecular weight excluding hydrogens is 461 g/mol. The lowest BCUT2D eigenvalue weighted by Gasteiger charge is -2.39. The topological polar surface area (TPSA) is 70.8 Å². The molecule has 2 saturated heterocycles. The number of imidazole rings is 1. The number of carbonyl (C=O) groups excluding carboxylic acids is 1. The van der Waals surface area contributed by atoms with Gasteiger partial charge in [0, 0.05) is 36.8 Å². The first-order valence-corrected chi connectivity index (χ1v) is 12.4. The van der Waals surface area contributed by atoms with Gasteiger partial charge in [0.15, 0.2) is 0 Å². The Kier molecular flexibility index (Phi) is 6.52. The van der Waals surface area contributed by atoms with Gasteiger partial charge in [-0.2, -0.15) is 0 Å². The molecule has 0 radical (unpaired) electrons. The summed E-state index contributed by atoms with van der Waals surface area (Å²) >= 11 is 0. The van der Waals surface area contributed by atoms with E-state index in [4.69, 9.17) is 0 Å². The number of aryl methyl sites for hydroxylation is 1. The van der Waals surface area contributed by atoms with Gasteiger partial charge in [-0.05, 0) is 76.3 Å². The molecule has 10 heteroatoms. The molecule has 1 atom stereocenters. The van der Waals surface area contributed by atoms with Crippen LogP contribution in [-0.2, 0) is 0 Å². The third kappa shape index (κ3) is 5.04. The standard InChI is InChI=1S/C25H31F3N4O3/c1-16-22(24(34)30-13-10-18(11-14-30)31-12-2-3-20(31)15-33)32(19-6-7-19)23(29-16)17-4-8-21(9-5-17)35-25(26,27)28/h4-5,8-9,18-20,33H,2-3,6-7,10-15H2,1H3. The van der Waals surface area contributed by atoms with Crippen molar-refractivity contribution >= 4 is 5.91 Å². The van der Waals surface area contributed by atoms with Crippen LogP contribution in [0.15, 0.2) is 24.3 Å². The summed E-state index contributed by atoms with van der Waals surface area (Å²) < 4.78 is 43.5. The van der Waals surface area contributed by atoms with E-state index in [-0.39, 0.29) is 30.3 Å². The highest BCUT2D eigenvalue weighted by atomic mass is 19.4. The normalized spacial score (nSPS) is 22.1. The zero-order valence-electron chi connectivity index (χ0n) is 19.8. The molecule has 35 heavy (non-hydrogen) atoms. The molecule has 3 heterocycles. The number of benzene rings is 1. The minimum absolute atomic E-state index is 0.0382. The molecule has 1 aliphatic carbocycles. The fraction of sp³-hybridized carbons (Fsp3) is 0.600. The Morgan fingerprint density at radius 2 is 1.74 bits per heavy atom. The number of ether oxygens (including phenoxy) is 1. The number of aliphatic hydroxyl groups excluding tert-OH is 1. The van der Waals surface area contributed by atoms with Gasteiger partial charge in [-0.1, -0.05) is 0 Å². The van der Waals surface area contributed by atoms with E-state index in [1.54, 1.807) is 12.1 Å². The van der Waals surface area contributed by atoms with E-state index in [1.165, 1.54) is 12.1 Å². The van der Waals surface area contributed by atoms with Gasteiger partial charge in [-0.3, -0.25) is 9.69 Å². The van der Waals surface area contributed by atoms with Crippen molar-refractivity contribution in [2.45, 2.75) is 69.9 Å². The minimum Gasteiger partial charge on any atom is -0.406 e. The van der Waals surface area contributed by atoms with Crippen LogP contribution in [0.3, 0.4) is 0 Å². The van der Waals surface area contributed by atoms with Crippen molar-refractivity contribution in [2.75, 3.05) is 26.2 Å². The largest absolute Gasteiger partial charge is 0.573 e. The van der Waals surface area contributed by atoms with E-state index in [0.29, 0.717) is 41.9 Å². The monoisotopic (exact) mass is 492 g/mol. The Morgan fingerprint density at radius 3 is 2.34 bits per heavy atom. The lowest BCUT2D eigenvalue weighted by molar-refractivity contribution is -0.274. The summed E-state index contributed by atoms with van der Waals surface area (Å²) in [6.45, 7) is 4.33. The Hall–Kier alpha value is -2.59. The molecule has 2 aliphatic heterocycles. The molecule has 190 valence electrons. The quantitative estimate of drug-likeness (QED) is 0.656. The molecule has 2 aromatic rings. The third-order valence-electron chi connectivity index (χ3n) is 7.40. The van der Waals surface area contributed by atoms with Gasteiger partial charge in [-0.25, -0.2) is 4.98 Å². The van der Waals surface area contributed by atoms with E-state index >= 15 is 0 Å². The van der Waals surface area contributed by atoms with Crippen LogP contribution in [0.25, 0.3) is 11.4 Å². The highest BCUT2D eigenvalue weighted by Crippen LogP contribution is 2.41. The first-order valence-electron chi connectivity index (χ1n) is 12.4. The zero-order valence-corrected chi connectivity index (χ0v) is 19.8. The Morgan fingerprint density at radius 1 is 1.06 bits per heavy atom. The van der Waals surface area contributed by atoms with Crippen LogP contribution in [-0.4, -0.2) is 75.1 Å². The van der Waals surface area contributed by atoms with Crippen molar-refractivity contribution in [3.63, 3.8) is 0 Å². The number of alkyl halides is 3. The van der Waals surface area contributed by atoms with Gasteiger partial charge >= 0.3 is 6.36 Å².